The van der Waals surface area contributed by atoms with Gasteiger partial charge < -0.3 is 4.98 Å². The van der Waals surface area contributed by atoms with E-state index < -0.39 is 0 Å². The van der Waals surface area contributed by atoms with Crippen LogP contribution in [0.5, 0.6) is 0 Å². The summed E-state index contributed by atoms with van der Waals surface area (Å²) in [5.41, 5.74) is 0.696. The SMILES string of the molecule is N#Cc1c[nH]c2ccccc2c1=O.[H+]. The first-order chi connectivity index (χ1) is 6.33. The fourth-order valence-electron chi connectivity index (χ4n) is 1.25. The van der Waals surface area contributed by atoms with Crippen molar-refractivity contribution in [1.82, 2.24) is 4.98 Å². The maximum Gasteiger partial charge on any atom is 1.00 e. The highest BCUT2D eigenvalue weighted by Crippen LogP contribution is 2.05. The molecule has 13 heavy (non-hydrogen) atoms. The van der Waals surface area contributed by atoms with E-state index in [2.05, 4.69) is 4.98 Å². The first-order valence-corrected chi connectivity index (χ1v) is 3.83. The number of pyridine rings is 1. The van der Waals surface area contributed by atoms with E-state index >= 15 is 0 Å². The highest BCUT2D eigenvalue weighted by molar-refractivity contribution is 5.79. The second kappa shape index (κ2) is 2.76. The van der Waals surface area contributed by atoms with E-state index in [1.54, 1.807) is 18.2 Å². The van der Waals surface area contributed by atoms with Crippen molar-refractivity contribution in [2.24, 2.45) is 0 Å². The van der Waals surface area contributed by atoms with E-state index in [0.29, 0.717) is 5.39 Å². The maximum absolute atomic E-state index is 11.5. The molecule has 0 unspecified atom stereocenters. The lowest BCUT2D eigenvalue weighted by Crippen LogP contribution is -2.06. The number of fused-ring (bicyclic) bond motifs is 1. The molecule has 1 N–H and O–H groups in total. The summed E-state index contributed by atoms with van der Waals surface area (Å²) in [6, 6.07) is 8.96. The molecule has 0 aliphatic rings. The summed E-state index contributed by atoms with van der Waals surface area (Å²) in [5.74, 6) is 0. The van der Waals surface area contributed by atoms with Crippen LogP contribution in [0.3, 0.4) is 0 Å². The number of para-hydroxylation sites is 1. The molecule has 0 bridgehead atoms. The highest BCUT2D eigenvalue weighted by Gasteiger charge is 2.01. The highest BCUT2D eigenvalue weighted by atomic mass is 16.1. The summed E-state index contributed by atoms with van der Waals surface area (Å²) in [6.07, 6.45) is 1.44. The smallest absolute Gasteiger partial charge is 0.360 e. The van der Waals surface area contributed by atoms with Gasteiger partial charge in [0.15, 0.2) is 0 Å². The number of H-pyrrole nitrogens is 1. The van der Waals surface area contributed by atoms with Crippen LogP contribution in [-0.4, -0.2) is 4.98 Å². The summed E-state index contributed by atoms with van der Waals surface area (Å²) in [4.78, 5) is 14.4. The van der Waals surface area contributed by atoms with Crippen LogP contribution < -0.4 is 5.43 Å². The molecule has 0 radical (unpaired) electrons. The minimum atomic E-state index is -0.211. The zero-order valence-corrected chi connectivity index (χ0v) is 6.74. The number of aromatic nitrogens is 1. The van der Waals surface area contributed by atoms with Crippen molar-refractivity contribution in [3.8, 4) is 6.07 Å². The van der Waals surface area contributed by atoms with Crippen LogP contribution in [0.1, 0.15) is 6.99 Å². The largest absolute Gasteiger partial charge is 1.00 e. The molecule has 3 heteroatoms. The zero-order chi connectivity index (χ0) is 9.26. The van der Waals surface area contributed by atoms with Gasteiger partial charge in [-0.2, -0.15) is 5.26 Å². The van der Waals surface area contributed by atoms with Gasteiger partial charge in [0.25, 0.3) is 0 Å². The lowest BCUT2D eigenvalue weighted by Gasteiger charge is -1.95. The minimum Gasteiger partial charge on any atom is -0.360 e. The van der Waals surface area contributed by atoms with E-state index in [-0.39, 0.29) is 12.4 Å². The predicted octanol–water partition coefficient (Wildman–Crippen LogP) is 1.51. The third kappa shape index (κ3) is 1.09. The number of hydrogen-bond donors (Lipinski definition) is 1. The summed E-state index contributed by atoms with van der Waals surface area (Å²) < 4.78 is 0. The van der Waals surface area contributed by atoms with Crippen LogP contribution in [-0.2, 0) is 0 Å². The normalized spacial score (nSPS) is 9.77. The number of nitrogens with zero attached hydrogens (tertiary/aromatic N) is 1. The predicted molar refractivity (Wildman–Crippen MR) is 50.4 cm³/mol. The van der Waals surface area contributed by atoms with E-state index in [1.165, 1.54) is 6.20 Å². The molecule has 0 fully saturated rings. The molecule has 0 saturated carbocycles. The Kier molecular flexibility index (Phi) is 1.60. The molecule has 2 aromatic rings. The number of nitrogens with one attached hydrogen (secondary N) is 1. The Balaban J connectivity index is 0.000000980. The summed E-state index contributed by atoms with van der Waals surface area (Å²) >= 11 is 0. The van der Waals surface area contributed by atoms with Gasteiger partial charge in [-0.25, -0.2) is 0 Å². The second-order valence-electron chi connectivity index (χ2n) is 2.69. The minimum absolute atomic E-state index is 0. The standard InChI is InChI=1S/C10H6N2O/c11-5-7-6-12-9-4-2-1-3-8(9)10(7)13/h1-4,6H,(H,12,13)/p+1. The number of hydrogen-bond acceptors (Lipinski definition) is 2. The molecule has 0 aliphatic carbocycles. The molecule has 0 atom stereocenters. The van der Waals surface area contributed by atoms with Crippen LogP contribution in [0.15, 0.2) is 35.3 Å². The first-order valence-electron chi connectivity index (χ1n) is 3.83. The van der Waals surface area contributed by atoms with Gasteiger partial charge in [0.2, 0.25) is 5.43 Å². The van der Waals surface area contributed by atoms with Crippen LogP contribution in [0.4, 0.5) is 0 Å². The van der Waals surface area contributed by atoms with Crippen LogP contribution in [0, 0.1) is 11.3 Å². The molecule has 1 heterocycles. The monoisotopic (exact) mass is 171 g/mol. The van der Waals surface area contributed by atoms with Crippen LogP contribution in [0.2, 0.25) is 0 Å². The van der Waals surface area contributed by atoms with Gasteiger partial charge >= 0.3 is 1.43 Å². The molecule has 3 nitrogen and oxygen atoms in total. The zero-order valence-electron chi connectivity index (χ0n) is 7.74. The third-order valence-corrected chi connectivity index (χ3v) is 1.91. The Labute approximate surface area is 75.7 Å². The first kappa shape index (κ1) is 7.56. The molecular formula is C10H7N2O+. The van der Waals surface area contributed by atoms with Gasteiger partial charge in [-0.1, -0.05) is 12.1 Å². The Morgan fingerprint density at radius 1 is 1.38 bits per heavy atom. The molecule has 0 spiro atoms. The fourth-order valence-corrected chi connectivity index (χ4v) is 1.25. The summed E-state index contributed by atoms with van der Waals surface area (Å²) in [7, 11) is 0. The van der Waals surface area contributed by atoms with Gasteiger partial charge in [0, 0.05) is 17.1 Å². The molecule has 0 saturated heterocycles. The number of rotatable bonds is 0. The van der Waals surface area contributed by atoms with Gasteiger partial charge in [0.1, 0.15) is 11.6 Å². The van der Waals surface area contributed by atoms with Crippen molar-refractivity contribution in [2.45, 2.75) is 0 Å². The van der Waals surface area contributed by atoms with E-state index in [0.717, 1.165) is 5.52 Å². The lowest BCUT2D eigenvalue weighted by atomic mass is 10.1. The van der Waals surface area contributed by atoms with Crippen molar-refractivity contribution < 1.29 is 1.43 Å². The summed E-state index contributed by atoms with van der Waals surface area (Å²) in [5, 5.41) is 9.16. The second-order valence-corrected chi connectivity index (χ2v) is 2.69. The quantitative estimate of drug-likeness (QED) is 0.653. The number of aromatic amines is 1. The third-order valence-electron chi connectivity index (χ3n) is 1.91. The van der Waals surface area contributed by atoms with Crippen LogP contribution >= 0.6 is 0 Å². The average molecular weight is 171 g/mol. The lowest BCUT2D eigenvalue weighted by molar-refractivity contribution is 1.34. The molecule has 1 aromatic carbocycles. The van der Waals surface area contributed by atoms with Gasteiger partial charge in [-0.15, -0.1) is 0 Å². The van der Waals surface area contributed by atoms with Gasteiger partial charge in [-0.3, -0.25) is 4.79 Å². The van der Waals surface area contributed by atoms with E-state index in [4.69, 9.17) is 5.26 Å². The van der Waals surface area contributed by atoms with E-state index in [9.17, 15) is 4.79 Å². The van der Waals surface area contributed by atoms with Crippen LogP contribution in [0.25, 0.3) is 10.9 Å². The molecule has 2 rings (SSSR count). The van der Waals surface area contributed by atoms with Crippen molar-refractivity contribution >= 4 is 10.9 Å². The average Bonchev–Trinajstić information content (AvgIpc) is 2.19. The Morgan fingerprint density at radius 3 is 2.92 bits per heavy atom. The van der Waals surface area contributed by atoms with Crippen molar-refractivity contribution in [1.29, 1.82) is 5.26 Å². The topological polar surface area (TPSA) is 56.6 Å². The van der Waals surface area contributed by atoms with Gasteiger partial charge in [-0.05, 0) is 12.1 Å². The Morgan fingerprint density at radius 2 is 2.15 bits per heavy atom. The van der Waals surface area contributed by atoms with Crippen molar-refractivity contribution in [2.75, 3.05) is 0 Å². The van der Waals surface area contributed by atoms with Crippen molar-refractivity contribution in [3.05, 3.63) is 46.2 Å². The summed E-state index contributed by atoms with van der Waals surface area (Å²) in [6.45, 7) is 0. The molecule has 0 aliphatic heterocycles. The molecule has 0 amide bonds. The fraction of sp³-hybridized carbons (Fsp3) is 0. The van der Waals surface area contributed by atoms with Gasteiger partial charge in [0.05, 0.1) is 0 Å². The Bertz CT molecular complexity index is 554. The number of benzene rings is 1. The molecule has 62 valence electrons. The Hall–Kier alpha value is -2.08. The molecular weight excluding hydrogens is 164 g/mol. The molecule has 1 aromatic heterocycles. The van der Waals surface area contributed by atoms with Crippen molar-refractivity contribution in [3.63, 3.8) is 0 Å². The van der Waals surface area contributed by atoms with E-state index in [1.807, 2.05) is 12.1 Å². The number of nitriles is 1. The maximum atomic E-state index is 11.5.